The summed E-state index contributed by atoms with van der Waals surface area (Å²) < 4.78 is 4.97. The minimum absolute atomic E-state index is 0.0464. The van der Waals surface area contributed by atoms with E-state index in [1.165, 1.54) is 12.1 Å². The molecule has 18 heavy (non-hydrogen) atoms. The van der Waals surface area contributed by atoms with Gasteiger partial charge in [-0.05, 0) is 26.0 Å². The average Bonchev–Trinajstić information content (AvgIpc) is 2.64. The average molecular weight is 267 g/mol. The number of aromatic nitrogens is 2. The van der Waals surface area contributed by atoms with Crippen molar-refractivity contribution in [3.63, 3.8) is 0 Å². The molecular weight excluding hydrogens is 256 g/mol. The Morgan fingerprint density at radius 2 is 2.17 bits per heavy atom. The molecule has 0 saturated carbocycles. The number of pyridine rings is 1. The van der Waals surface area contributed by atoms with Crippen LogP contribution in [0.4, 0.5) is 11.7 Å². The lowest BCUT2D eigenvalue weighted by molar-refractivity contribution is 0.101. The summed E-state index contributed by atoms with van der Waals surface area (Å²) in [7, 11) is 0. The number of hydrogen-bond acceptors (Lipinski definition) is 5. The first-order chi connectivity index (χ1) is 8.49. The first-order valence-electron chi connectivity index (χ1n) is 5.15. The van der Waals surface area contributed by atoms with Crippen LogP contribution in [0, 0.1) is 13.8 Å². The molecule has 0 radical (unpaired) electrons. The van der Waals surface area contributed by atoms with E-state index in [-0.39, 0.29) is 22.4 Å². The molecule has 2 heterocycles. The number of nitrogen functional groups attached to an aromatic ring is 1. The van der Waals surface area contributed by atoms with E-state index >= 15 is 0 Å². The molecule has 0 saturated heterocycles. The fourth-order valence-corrected chi connectivity index (χ4v) is 1.50. The van der Waals surface area contributed by atoms with Gasteiger partial charge in [-0.25, -0.2) is 4.98 Å². The molecule has 1 amide bonds. The zero-order valence-electron chi connectivity index (χ0n) is 9.82. The third-order valence-electron chi connectivity index (χ3n) is 2.47. The number of rotatable bonds is 2. The molecule has 2 rings (SSSR count). The van der Waals surface area contributed by atoms with Gasteiger partial charge in [0.05, 0.1) is 10.7 Å². The highest BCUT2D eigenvalue weighted by atomic mass is 35.5. The third kappa shape index (κ3) is 2.28. The third-order valence-corrected chi connectivity index (χ3v) is 2.77. The fourth-order valence-electron chi connectivity index (χ4n) is 1.31. The van der Waals surface area contributed by atoms with E-state index in [1.807, 2.05) is 0 Å². The van der Waals surface area contributed by atoms with Gasteiger partial charge in [-0.15, -0.1) is 0 Å². The summed E-state index contributed by atoms with van der Waals surface area (Å²) in [5, 5.41) is 6.50. The van der Waals surface area contributed by atoms with Crippen molar-refractivity contribution in [2.75, 3.05) is 11.1 Å². The number of aryl methyl sites for hydroxylation is 1. The SMILES string of the molecule is Cc1noc(NC(=O)c2nc(N)ccc2Cl)c1C. The Balaban J connectivity index is 2.27. The van der Waals surface area contributed by atoms with E-state index in [9.17, 15) is 4.79 Å². The van der Waals surface area contributed by atoms with Crippen molar-refractivity contribution in [1.29, 1.82) is 0 Å². The molecule has 0 aliphatic rings. The van der Waals surface area contributed by atoms with Crippen molar-refractivity contribution in [2.24, 2.45) is 0 Å². The second kappa shape index (κ2) is 4.66. The molecule has 0 unspecified atom stereocenters. The van der Waals surface area contributed by atoms with E-state index in [2.05, 4.69) is 15.5 Å². The number of anilines is 2. The van der Waals surface area contributed by atoms with E-state index < -0.39 is 5.91 Å². The Morgan fingerprint density at radius 1 is 1.44 bits per heavy atom. The lowest BCUT2D eigenvalue weighted by Gasteiger charge is -2.04. The summed E-state index contributed by atoms with van der Waals surface area (Å²) in [5.41, 5.74) is 7.01. The molecule has 0 aliphatic carbocycles. The van der Waals surface area contributed by atoms with E-state index in [1.54, 1.807) is 13.8 Å². The molecule has 0 bridgehead atoms. The smallest absolute Gasteiger partial charge is 0.278 e. The molecular formula is C11H11ClN4O2. The van der Waals surface area contributed by atoms with Crippen molar-refractivity contribution < 1.29 is 9.32 Å². The van der Waals surface area contributed by atoms with Gasteiger partial charge < -0.3 is 10.3 Å². The summed E-state index contributed by atoms with van der Waals surface area (Å²) >= 11 is 5.88. The Kier molecular flexibility index (Phi) is 3.20. The summed E-state index contributed by atoms with van der Waals surface area (Å²) in [6, 6.07) is 3.03. The van der Waals surface area contributed by atoms with Gasteiger partial charge in [0.15, 0.2) is 0 Å². The van der Waals surface area contributed by atoms with Gasteiger partial charge in [0.25, 0.3) is 5.91 Å². The van der Waals surface area contributed by atoms with Gasteiger partial charge in [-0.1, -0.05) is 16.8 Å². The molecule has 0 aliphatic heterocycles. The van der Waals surface area contributed by atoms with Crippen molar-refractivity contribution in [2.45, 2.75) is 13.8 Å². The minimum atomic E-state index is -0.494. The van der Waals surface area contributed by atoms with Gasteiger partial charge in [0, 0.05) is 5.56 Å². The number of nitrogens with one attached hydrogen (secondary N) is 1. The highest BCUT2D eigenvalue weighted by Crippen LogP contribution is 2.20. The van der Waals surface area contributed by atoms with Crippen LogP contribution >= 0.6 is 11.6 Å². The van der Waals surface area contributed by atoms with Crippen LogP contribution in [-0.4, -0.2) is 16.0 Å². The Hall–Kier alpha value is -2.08. The van der Waals surface area contributed by atoms with Crippen LogP contribution in [-0.2, 0) is 0 Å². The maximum Gasteiger partial charge on any atom is 0.278 e. The molecule has 94 valence electrons. The van der Waals surface area contributed by atoms with Crippen LogP contribution in [0.25, 0.3) is 0 Å². The number of amides is 1. The molecule has 2 aromatic heterocycles. The monoisotopic (exact) mass is 266 g/mol. The van der Waals surface area contributed by atoms with Gasteiger partial charge in [-0.3, -0.25) is 10.1 Å². The topological polar surface area (TPSA) is 94.0 Å². The predicted octanol–water partition coefficient (Wildman–Crippen LogP) is 2.17. The number of carbonyl (C=O) groups is 1. The first kappa shape index (κ1) is 12.4. The molecule has 0 atom stereocenters. The second-order valence-corrected chi connectivity index (χ2v) is 4.15. The van der Waals surface area contributed by atoms with Crippen molar-refractivity contribution in [1.82, 2.24) is 10.1 Å². The van der Waals surface area contributed by atoms with Crippen molar-refractivity contribution in [3.8, 4) is 0 Å². The maximum atomic E-state index is 11.9. The number of carbonyl (C=O) groups excluding carboxylic acids is 1. The predicted molar refractivity (Wildman–Crippen MR) is 67.6 cm³/mol. The van der Waals surface area contributed by atoms with Gasteiger partial charge in [-0.2, -0.15) is 0 Å². The van der Waals surface area contributed by atoms with E-state index in [4.69, 9.17) is 21.9 Å². The quantitative estimate of drug-likeness (QED) is 0.869. The zero-order valence-corrected chi connectivity index (χ0v) is 10.6. The lowest BCUT2D eigenvalue weighted by Crippen LogP contribution is -2.15. The maximum absolute atomic E-state index is 11.9. The number of hydrogen-bond donors (Lipinski definition) is 2. The number of nitrogens with two attached hydrogens (primary N) is 1. The van der Waals surface area contributed by atoms with Crippen LogP contribution in [0.2, 0.25) is 5.02 Å². The van der Waals surface area contributed by atoms with Crippen molar-refractivity contribution >= 4 is 29.2 Å². The molecule has 0 aromatic carbocycles. The van der Waals surface area contributed by atoms with Gasteiger partial charge in [0.1, 0.15) is 11.5 Å². The number of nitrogens with zero attached hydrogens (tertiary/aromatic N) is 2. The number of halogens is 1. The standard InChI is InChI=1S/C11H11ClN4O2/c1-5-6(2)16-18-11(5)15-10(17)9-7(12)3-4-8(13)14-9/h3-4H,1-2H3,(H2,13,14)(H,15,17). The van der Waals surface area contributed by atoms with E-state index in [0.717, 1.165) is 5.56 Å². The highest BCUT2D eigenvalue weighted by molar-refractivity contribution is 6.34. The zero-order chi connectivity index (χ0) is 13.3. The molecule has 0 fully saturated rings. The molecule has 3 N–H and O–H groups in total. The summed E-state index contributed by atoms with van der Waals surface area (Å²) in [5.74, 6) is -0.000589. The Morgan fingerprint density at radius 3 is 2.78 bits per heavy atom. The fraction of sp³-hybridized carbons (Fsp3) is 0.182. The lowest BCUT2D eigenvalue weighted by atomic mass is 10.2. The van der Waals surface area contributed by atoms with Gasteiger partial charge >= 0.3 is 0 Å². The largest absolute Gasteiger partial charge is 0.384 e. The normalized spacial score (nSPS) is 10.4. The minimum Gasteiger partial charge on any atom is -0.384 e. The van der Waals surface area contributed by atoms with Gasteiger partial charge in [0.2, 0.25) is 5.88 Å². The van der Waals surface area contributed by atoms with Crippen LogP contribution in [0.5, 0.6) is 0 Å². The molecule has 6 nitrogen and oxygen atoms in total. The highest BCUT2D eigenvalue weighted by Gasteiger charge is 2.17. The Labute approximate surface area is 108 Å². The first-order valence-corrected chi connectivity index (χ1v) is 5.53. The second-order valence-electron chi connectivity index (χ2n) is 3.74. The van der Waals surface area contributed by atoms with Crippen LogP contribution < -0.4 is 11.1 Å². The molecule has 2 aromatic rings. The van der Waals surface area contributed by atoms with Crippen molar-refractivity contribution in [3.05, 3.63) is 34.1 Å². The summed E-state index contributed by atoms with van der Waals surface area (Å²) in [6.07, 6.45) is 0. The summed E-state index contributed by atoms with van der Waals surface area (Å²) in [6.45, 7) is 3.57. The van der Waals surface area contributed by atoms with E-state index in [0.29, 0.717) is 5.69 Å². The summed E-state index contributed by atoms with van der Waals surface area (Å²) in [4.78, 5) is 15.8. The Bertz CT molecular complexity index is 609. The molecule has 7 heteroatoms. The molecule has 0 spiro atoms. The van der Waals surface area contributed by atoms with Crippen LogP contribution in [0.1, 0.15) is 21.7 Å². The van der Waals surface area contributed by atoms with Crippen LogP contribution in [0.3, 0.4) is 0 Å². The van der Waals surface area contributed by atoms with Crippen LogP contribution in [0.15, 0.2) is 16.7 Å².